The molecule has 0 bridgehead atoms. The number of phenols is 1. The Morgan fingerprint density at radius 1 is 1.14 bits per heavy atom. The lowest BCUT2D eigenvalue weighted by Gasteiger charge is -2.33. The summed E-state index contributed by atoms with van der Waals surface area (Å²) in [4.78, 5) is 14.2. The van der Waals surface area contributed by atoms with Gasteiger partial charge in [0, 0.05) is 14.1 Å². The molecule has 10 nitrogen and oxygen atoms in total. The zero-order valence-electron chi connectivity index (χ0n) is 21.2. The van der Waals surface area contributed by atoms with Crippen molar-refractivity contribution in [1.29, 1.82) is 0 Å². The van der Waals surface area contributed by atoms with E-state index in [2.05, 4.69) is 40.2 Å². The topological polar surface area (TPSA) is 125 Å². The molecule has 4 rings (SSSR count). The second-order valence-corrected chi connectivity index (χ2v) is 10.7. The fourth-order valence-corrected chi connectivity index (χ4v) is 4.71. The first-order chi connectivity index (χ1) is 17.0. The molecule has 36 heavy (non-hydrogen) atoms. The number of hydrogen-bond acceptors (Lipinski definition) is 7. The highest BCUT2D eigenvalue weighted by Gasteiger charge is 2.32. The average Bonchev–Trinajstić information content (AvgIpc) is 3.42. The van der Waals surface area contributed by atoms with Gasteiger partial charge in [-0.15, -0.1) is 8.80 Å². The molecule has 1 unspecified atom stereocenters. The maximum atomic E-state index is 12.7. The number of aryl methyl sites for hydroxylation is 1. The number of fused-ring (bicyclic) bond motifs is 1. The molecule has 0 saturated carbocycles. The first kappa shape index (κ1) is 25.5. The number of aromatic hydroxyl groups is 1. The van der Waals surface area contributed by atoms with Crippen LogP contribution in [0.15, 0.2) is 39.1 Å². The summed E-state index contributed by atoms with van der Waals surface area (Å²) in [5.74, 6) is 1.32. The van der Waals surface area contributed by atoms with Crippen molar-refractivity contribution in [3.8, 4) is 17.2 Å². The van der Waals surface area contributed by atoms with E-state index in [4.69, 9.17) is 9.47 Å². The molecule has 0 spiro atoms. The molecule has 0 fully saturated rings. The molecule has 0 aliphatic carbocycles. The number of nitrogens with zero attached hydrogens (tertiary/aromatic N) is 3. The van der Waals surface area contributed by atoms with Crippen LogP contribution in [0.2, 0.25) is 0 Å². The summed E-state index contributed by atoms with van der Waals surface area (Å²) in [6.07, 6.45) is 0.574. The molecule has 2 aliphatic heterocycles. The summed E-state index contributed by atoms with van der Waals surface area (Å²) in [5, 5.41) is 17.4. The van der Waals surface area contributed by atoms with Crippen molar-refractivity contribution in [3.63, 3.8) is 0 Å². The lowest BCUT2D eigenvalue weighted by Crippen LogP contribution is -2.41. The molecule has 0 saturated heterocycles. The lowest BCUT2D eigenvalue weighted by atomic mass is 9.82. The lowest BCUT2D eigenvalue weighted by molar-refractivity contribution is 0.0823. The minimum absolute atomic E-state index is 0.178. The minimum Gasteiger partial charge on any atom is -0.505 e. The first-order valence-corrected chi connectivity index (χ1v) is 12.6. The Bertz CT molecular complexity index is 1280. The third kappa shape index (κ3) is 5.01. The van der Waals surface area contributed by atoms with Gasteiger partial charge in [0.15, 0.2) is 28.9 Å². The second-order valence-electron chi connectivity index (χ2n) is 9.84. The molecule has 2 aromatic carbocycles. The number of hydrogen-bond donors (Lipinski definition) is 3. The van der Waals surface area contributed by atoms with Crippen molar-refractivity contribution in [2.45, 2.75) is 40.2 Å². The molecule has 2 atom stereocenters. The van der Waals surface area contributed by atoms with Gasteiger partial charge < -0.3 is 30.1 Å². The van der Waals surface area contributed by atoms with E-state index >= 15 is 0 Å². The standard InChI is InChI=1S/C25H31N5O5S/c1-7-14-8-10-16(20(31)19(14)24(32)30(5)6)26-22-23(29-36(33)28-22)27-21(25(2,3)4)15-9-11-17-18(12-15)35-13-34-17/h8-12,21,31H,7,13H2,1-6H3,(H,26,28)(H,27,29)/t21-,36?/m0/s1. The largest absolute Gasteiger partial charge is 0.505 e. The maximum absolute atomic E-state index is 12.7. The molecular formula is C25H31N5O5S. The van der Waals surface area contributed by atoms with Crippen LogP contribution in [0.1, 0.15) is 55.2 Å². The highest BCUT2D eigenvalue weighted by molar-refractivity contribution is 7.83. The Morgan fingerprint density at radius 2 is 1.83 bits per heavy atom. The third-order valence-electron chi connectivity index (χ3n) is 5.96. The van der Waals surface area contributed by atoms with Crippen LogP contribution in [0.3, 0.4) is 0 Å². The molecule has 2 heterocycles. The number of anilines is 1. The second kappa shape index (κ2) is 9.81. The van der Waals surface area contributed by atoms with Crippen LogP contribution < -0.4 is 20.1 Å². The molecule has 2 aliphatic rings. The number of nitrogens with one attached hydrogen (secondary N) is 2. The predicted molar refractivity (Wildman–Crippen MR) is 140 cm³/mol. The summed E-state index contributed by atoms with van der Waals surface area (Å²) in [6.45, 7) is 8.30. The van der Waals surface area contributed by atoms with Gasteiger partial charge in [0.1, 0.15) is 0 Å². The van der Waals surface area contributed by atoms with Gasteiger partial charge in [-0.25, -0.2) is 4.21 Å². The van der Waals surface area contributed by atoms with E-state index in [1.165, 1.54) is 4.90 Å². The van der Waals surface area contributed by atoms with E-state index < -0.39 is 11.2 Å². The van der Waals surface area contributed by atoms with Crippen molar-refractivity contribution in [2.75, 3.05) is 26.2 Å². The Labute approximate surface area is 213 Å². The molecular weight excluding hydrogens is 482 g/mol. The van der Waals surface area contributed by atoms with E-state index in [0.29, 0.717) is 17.9 Å². The van der Waals surface area contributed by atoms with E-state index in [-0.39, 0.29) is 52.8 Å². The van der Waals surface area contributed by atoms with Crippen LogP contribution in [0.25, 0.3) is 0 Å². The number of ether oxygens (including phenoxy) is 2. The van der Waals surface area contributed by atoms with Crippen molar-refractivity contribution in [1.82, 2.24) is 10.2 Å². The van der Waals surface area contributed by atoms with Gasteiger partial charge in [-0.05, 0) is 41.2 Å². The molecule has 0 aromatic heterocycles. The van der Waals surface area contributed by atoms with Crippen LogP contribution in [-0.2, 0) is 17.6 Å². The predicted octanol–water partition coefficient (Wildman–Crippen LogP) is 3.56. The van der Waals surface area contributed by atoms with Crippen LogP contribution in [0, 0.1) is 5.41 Å². The van der Waals surface area contributed by atoms with Crippen molar-refractivity contribution < 1.29 is 23.6 Å². The van der Waals surface area contributed by atoms with Crippen LogP contribution in [0.4, 0.5) is 5.69 Å². The summed E-state index contributed by atoms with van der Waals surface area (Å²) >= 11 is -1.84. The fourth-order valence-electron chi connectivity index (χ4n) is 4.09. The summed E-state index contributed by atoms with van der Waals surface area (Å²) < 4.78 is 31.6. The Morgan fingerprint density at radius 3 is 2.50 bits per heavy atom. The average molecular weight is 514 g/mol. The fraction of sp³-hybridized carbons (Fsp3) is 0.400. The minimum atomic E-state index is -1.84. The van der Waals surface area contributed by atoms with Gasteiger partial charge in [0.25, 0.3) is 17.1 Å². The summed E-state index contributed by atoms with van der Waals surface area (Å²) in [6, 6.07) is 8.91. The van der Waals surface area contributed by atoms with Gasteiger partial charge in [-0.2, -0.15) is 0 Å². The Balaban J connectivity index is 1.64. The third-order valence-corrected chi connectivity index (χ3v) is 6.64. The van der Waals surface area contributed by atoms with E-state index in [1.807, 2.05) is 25.1 Å². The molecule has 11 heteroatoms. The van der Waals surface area contributed by atoms with E-state index in [9.17, 15) is 14.1 Å². The highest BCUT2D eigenvalue weighted by Crippen LogP contribution is 2.39. The van der Waals surface area contributed by atoms with Gasteiger partial charge in [0.05, 0.1) is 17.3 Å². The number of rotatable bonds is 5. The highest BCUT2D eigenvalue weighted by atomic mass is 32.2. The Kier molecular flexibility index (Phi) is 6.94. The number of amides is 1. The molecule has 192 valence electrons. The van der Waals surface area contributed by atoms with Gasteiger partial charge in [0.2, 0.25) is 6.79 Å². The SMILES string of the molecule is CCc1ccc(NC2=NS(=O)N=C2N[C@@H](c2ccc3c(c2)OCO3)C(C)(C)C)c(O)c1C(=O)N(C)C. The summed E-state index contributed by atoms with van der Waals surface area (Å²) in [7, 11) is 3.26. The molecule has 1 amide bonds. The first-order valence-electron chi connectivity index (χ1n) is 11.6. The number of carbonyl (C=O) groups is 1. The maximum Gasteiger partial charge on any atom is 0.269 e. The van der Waals surface area contributed by atoms with Crippen molar-refractivity contribution in [3.05, 3.63) is 47.0 Å². The summed E-state index contributed by atoms with van der Waals surface area (Å²) in [5.41, 5.74) is 1.85. The number of benzene rings is 2. The number of amidine groups is 2. The Hall–Kier alpha value is -3.60. The number of carbonyl (C=O) groups excluding carboxylic acids is 1. The van der Waals surface area contributed by atoms with Crippen molar-refractivity contribution >= 4 is 34.4 Å². The smallest absolute Gasteiger partial charge is 0.269 e. The van der Waals surface area contributed by atoms with Crippen LogP contribution in [0.5, 0.6) is 17.2 Å². The number of phenolic OH excluding ortho intramolecular Hbond substituents is 1. The molecule has 3 N–H and O–H groups in total. The van der Waals surface area contributed by atoms with E-state index in [0.717, 1.165) is 11.1 Å². The van der Waals surface area contributed by atoms with E-state index in [1.54, 1.807) is 26.2 Å². The molecule has 0 radical (unpaired) electrons. The van der Waals surface area contributed by atoms with Crippen molar-refractivity contribution in [2.24, 2.45) is 14.2 Å². The van der Waals surface area contributed by atoms with Gasteiger partial charge in [-0.3, -0.25) is 4.79 Å². The quantitative estimate of drug-likeness (QED) is 0.522. The van der Waals surface area contributed by atoms with Gasteiger partial charge >= 0.3 is 0 Å². The monoisotopic (exact) mass is 513 g/mol. The van der Waals surface area contributed by atoms with Crippen LogP contribution >= 0.6 is 0 Å². The molecule has 2 aromatic rings. The normalized spacial score (nSPS) is 17.3. The zero-order valence-corrected chi connectivity index (χ0v) is 22.0. The van der Waals surface area contributed by atoms with Gasteiger partial charge in [-0.1, -0.05) is 39.8 Å². The van der Waals surface area contributed by atoms with Crippen LogP contribution in [-0.4, -0.2) is 52.7 Å². The zero-order chi connectivity index (χ0) is 26.2.